The normalized spacial score (nSPS) is 26.1. The number of nitrogens with zero attached hydrogens (tertiary/aromatic N) is 1. The van der Waals surface area contributed by atoms with Crippen molar-refractivity contribution >= 4 is 17.2 Å². The van der Waals surface area contributed by atoms with Crippen LogP contribution in [0.4, 0.5) is 0 Å². The summed E-state index contributed by atoms with van der Waals surface area (Å²) < 4.78 is 0. The van der Waals surface area contributed by atoms with Crippen LogP contribution in [0.3, 0.4) is 0 Å². The minimum absolute atomic E-state index is 0.0609. The molecule has 0 bridgehead atoms. The fourth-order valence-electron chi connectivity index (χ4n) is 4.06. The van der Waals surface area contributed by atoms with Crippen molar-refractivity contribution in [1.82, 2.24) is 10.2 Å². The van der Waals surface area contributed by atoms with E-state index in [4.69, 9.17) is 0 Å². The van der Waals surface area contributed by atoms with Gasteiger partial charge in [0.1, 0.15) is 0 Å². The van der Waals surface area contributed by atoms with Gasteiger partial charge in [0.05, 0.1) is 0 Å². The van der Waals surface area contributed by atoms with Crippen molar-refractivity contribution in [3.63, 3.8) is 0 Å². The monoisotopic (exact) mass is 350 g/mol. The highest BCUT2D eigenvalue weighted by Gasteiger charge is 2.42. The third kappa shape index (κ3) is 4.38. The van der Waals surface area contributed by atoms with E-state index in [1.165, 1.54) is 41.9 Å². The molecule has 0 radical (unpaired) electrons. The van der Waals surface area contributed by atoms with Gasteiger partial charge in [-0.15, -0.1) is 11.3 Å². The minimum Gasteiger partial charge on any atom is -0.379 e. The van der Waals surface area contributed by atoms with Crippen molar-refractivity contribution in [3.8, 4) is 0 Å². The van der Waals surface area contributed by atoms with E-state index in [1.54, 1.807) is 11.3 Å². The van der Waals surface area contributed by atoms with Crippen molar-refractivity contribution < 1.29 is 9.90 Å². The lowest BCUT2D eigenvalue weighted by Crippen LogP contribution is -2.58. The van der Waals surface area contributed by atoms with E-state index in [9.17, 15) is 9.90 Å². The lowest BCUT2D eigenvalue weighted by Gasteiger charge is -2.40. The molecule has 1 aromatic heterocycles. The summed E-state index contributed by atoms with van der Waals surface area (Å²) in [6, 6.07) is 4.21. The van der Waals surface area contributed by atoms with Crippen LogP contribution in [-0.4, -0.2) is 41.1 Å². The maximum Gasteiger partial charge on any atom is 0.255 e. The van der Waals surface area contributed by atoms with Crippen LogP contribution in [0.5, 0.6) is 0 Å². The zero-order chi connectivity index (χ0) is 17.0. The molecule has 3 rings (SSSR count). The first kappa shape index (κ1) is 17.9. The zero-order valence-electron chi connectivity index (χ0n) is 14.7. The van der Waals surface area contributed by atoms with E-state index in [0.717, 1.165) is 26.1 Å². The SMILES string of the molecule is Cc1ccc(CNCC2(O)CCCN(CC3CCCCC3)C2=O)s1. The average Bonchev–Trinajstić information content (AvgIpc) is 2.98. The van der Waals surface area contributed by atoms with Crippen LogP contribution in [-0.2, 0) is 11.3 Å². The predicted octanol–water partition coefficient (Wildman–Crippen LogP) is 3.08. The summed E-state index contributed by atoms with van der Waals surface area (Å²) in [6.45, 7) is 4.81. The molecule has 2 aliphatic rings. The number of carbonyl (C=O) groups is 1. The number of aliphatic hydroxyl groups is 1. The Morgan fingerprint density at radius 2 is 2.08 bits per heavy atom. The summed E-state index contributed by atoms with van der Waals surface area (Å²) in [4.78, 5) is 17.3. The minimum atomic E-state index is -1.22. The Labute approximate surface area is 149 Å². The Bertz CT molecular complexity index is 553. The van der Waals surface area contributed by atoms with Gasteiger partial charge in [0, 0.05) is 35.9 Å². The first-order chi connectivity index (χ1) is 11.6. The standard InChI is InChI=1S/C19H30N2O2S/c1-15-8-9-17(24-15)12-20-14-19(23)10-5-11-21(18(19)22)13-16-6-3-2-4-7-16/h8-9,16,20,23H,2-7,10-14H2,1H3. The molecule has 5 heteroatoms. The van der Waals surface area contributed by atoms with Crippen LogP contribution < -0.4 is 5.32 Å². The molecule has 24 heavy (non-hydrogen) atoms. The number of aryl methyl sites for hydroxylation is 1. The highest BCUT2D eigenvalue weighted by Crippen LogP contribution is 2.28. The second kappa shape index (κ2) is 7.98. The largest absolute Gasteiger partial charge is 0.379 e. The fraction of sp³-hybridized carbons (Fsp3) is 0.737. The van der Waals surface area contributed by atoms with E-state index in [0.29, 0.717) is 18.9 Å². The predicted molar refractivity (Wildman–Crippen MR) is 98.1 cm³/mol. The number of thiophene rings is 1. The molecule has 1 saturated carbocycles. The summed E-state index contributed by atoms with van der Waals surface area (Å²) in [5.74, 6) is 0.571. The van der Waals surface area contributed by atoms with Crippen LogP contribution >= 0.6 is 11.3 Å². The smallest absolute Gasteiger partial charge is 0.255 e. The molecule has 1 aromatic rings. The molecule has 0 aromatic carbocycles. The third-order valence-corrected chi connectivity index (χ3v) is 6.42. The number of hydrogen-bond donors (Lipinski definition) is 2. The van der Waals surface area contributed by atoms with Crippen molar-refractivity contribution in [2.75, 3.05) is 19.6 Å². The molecule has 4 nitrogen and oxygen atoms in total. The third-order valence-electron chi connectivity index (χ3n) is 5.42. The van der Waals surface area contributed by atoms with Gasteiger partial charge in [-0.2, -0.15) is 0 Å². The molecule has 1 unspecified atom stereocenters. The first-order valence-corrected chi connectivity index (χ1v) is 10.2. The van der Waals surface area contributed by atoms with Crippen molar-refractivity contribution in [2.45, 2.75) is 64.0 Å². The van der Waals surface area contributed by atoms with Gasteiger partial charge >= 0.3 is 0 Å². The second-order valence-electron chi connectivity index (χ2n) is 7.51. The van der Waals surface area contributed by atoms with Gasteiger partial charge in [-0.3, -0.25) is 4.79 Å². The Morgan fingerprint density at radius 3 is 2.79 bits per heavy atom. The number of carbonyl (C=O) groups excluding carboxylic acids is 1. The van der Waals surface area contributed by atoms with Crippen LogP contribution in [0.2, 0.25) is 0 Å². The van der Waals surface area contributed by atoms with Crippen LogP contribution in [0.1, 0.15) is 54.7 Å². The topological polar surface area (TPSA) is 52.6 Å². The lowest BCUT2D eigenvalue weighted by atomic mass is 9.86. The molecule has 2 fully saturated rings. The molecule has 134 valence electrons. The summed E-state index contributed by atoms with van der Waals surface area (Å²) in [5.41, 5.74) is -1.22. The number of hydrogen-bond acceptors (Lipinski definition) is 4. The molecule has 0 spiro atoms. The number of nitrogens with one attached hydrogen (secondary N) is 1. The quantitative estimate of drug-likeness (QED) is 0.829. The molecule has 1 amide bonds. The van der Waals surface area contributed by atoms with Gasteiger partial charge in [-0.1, -0.05) is 19.3 Å². The van der Waals surface area contributed by atoms with E-state index < -0.39 is 5.60 Å². The Morgan fingerprint density at radius 1 is 1.29 bits per heavy atom. The van der Waals surface area contributed by atoms with Gasteiger partial charge in [-0.05, 0) is 50.7 Å². The molecule has 1 aliphatic heterocycles. The first-order valence-electron chi connectivity index (χ1n) is 9.35. The second-order valence-corrected chi connectivity index (χ2v) is 8.88. The molecule has 2 N–H and O–H groups in total. The van der Waals surface area contributed by atoms with E-state index in [-0.39, 0.29) is 5.91 Å². The summed E-state index contributed by atoms with van der Waals surface area (Å²) >= 11 is 1.76. The zero-order valence-corrected chi connectivity index (χ0v) is 15.5. The van der Waals surface area contributed by atoms with Gasteiger partial charge in [-0.25, -0.2) is 0 Å². The average molecular weight is 351 g/mol. The Hall–Kier alpha value is -0.910. The van der Waals surface area contributed by atoms with E-state index in [1.807, 2.05) is 4.90 Å². The molecular weight excluding hydrogens is 320 g/mol. The summed E-state index contributed by atoms with van der Waals surface area (Å²) in [6.07, 6.45) is 7.85. The summed E-state index contributed by atoms with van der Waals surface area (Å²) in [7, 11) is 0. The van der Waals surface area contributed by atoms with E-state index in [2.05, 4.69) is 24.4 Å². The van der Waals surface area contributed by atoms with Crippen molar-refractivity contribution in [2.24, 2.45) is 5.92 Å². The Balaban J connectivity index is 1.52. The Kier molecular flexibility index (Phi) is 5.95. The lowest BCUT2D eigenvalue weighted by molar-refractivity contribution is -0.157. The summed E-state index contributed by atoms with van der Waals surface area (Å²) in [5, 5.41) is 14.2. The van der Waals surface area contributed by atoms with Crippen molar-refractivity contribution in [3.05, 3.63) is 21.9 Å². The van der Waals surface area contributed by atoms with Gasteiger partial charge in [0.2, 0.25) is 0 Å². The maximum absolute atomic E-state index is 12.8. The van der Waals surface area contributed by atoms with Crippen LogP contribution in [0, 0.1) is 12.8 Å². The maximum atomic E-state index is 12.8. The highest BCUT2D eigenvalue weighted by molar-refractivity contribution is 7.11. The molecule has 2 heterocycles. The number of piperidine rings is 1. The fourth-order valence-corrected chi connectivity index (χ4v) is 4.92. The van der Waals surface area contributed by atoms with Crippen molar-refractivity contribution in [1.29, 1.82) is 0 Å². The van der Waals surface area contributed by atoms with Crippen LogP contribution in [0.25, 0.3) is 0 Å². The number of likely N-dealkylation sites (tertiary alicyclic amines) is 1. The number of amides is 1. The highest BCUT2D eigenvalue weighted by atomic mass is 32.1. The van der Waals surface area contributed by atoms with Gasteiger partial charge in [0.25, 0.3) is 5.91 Å². The molecule has 1 atom stereocenters. The molecular formula is C19H30N2O2S. The van der Waals surface area contributed by atoms with Crippen LogP contribution in [0.15, 0.2) is 12.1 Å². The molecule has 1 aliphatic carbocycles. The van der Waals surface area contributed by atoms with Gasteiger partial charge < -0.3 is 15.3 Å². The van der Waals surface area contributed by atoms with E-state index >= 15 is 0 Å². The number of rotatable bonds is 6. The van der Waals surface area contributed by atoms with Gasteiger partial charge in [0.15, 0.2) is 5.60 Å². The molecule has 1 saturated heterocycles.